The van der Waals surface area contributed by atoms with Crippen molar-refractivity contribution in [2.45, 2.75) is 19.6 Å². The monoisotopic (exact) mass is 316 g/mol. The van der Waals surface area contributed by atoms with Crippen LogP contribution in [0.5, 0.6) is 0 Å². The van der Waals surface area contributed by atoms with Crippen LogP contribution >= 0.6 is 0 Å². The van der Waals surface area contributed by atoms with Gasteiger partial charge in [-0.05, 0) is 44.3 Å². The zero-order chi connectivity index (χ0) is 16.8. The minimum absolute atomic E-state index is 0.105. The first-order valence-electron chi connectivity index (χ1n) is 7.60. The Hall–Kier alpha value is -2.11. The second kappa shape index (κ2) is 7.94. The molecule has 1 N–H and O–H groups in total. The Kier molecular flexibility index (Phi) is 5.96. The molecule has 1 aromatic heterocycles. The standard InChI is InChI=1S/C18H24N2O3/c1-13-7-5-6-8-15(13)16(20(2)3)11-19-18(21)17-10-9-14(23-17)12-22-4/h5-10,16H,11-12H2,1-4H3,(H,19,21)/t16-/m0/s1. The van der Waals surface area contributed by atoms with E-state index in [4.69, 9.17) is 9.15 Å². The lowest BCUT2D eigenvalue weighted by atomic mass is 10.0. The molecule has 0 unspecified atom stereocenters. The number of carbonyl (C=O) groups excluding carboxylic acids is 1. The molecule has 1 atom stereocenters. The Labute approximate surface area is 137 Å². The third-order valence-electron chi connectivity index (χ3n) is 3.80. The number of furan rings is 1. The summed E-state index contributed by atoms with van der Waals surface area (Å²) in [4.78, 5) is 14.3. The van der Waals surface area contributed by atoms with Crippen LogP contribution < -0.4 is 5.32 Å². The molecule has 0 bridgehead atoms. The van der Waals surface area contributed by atoms with Gasteiger partial charge < -0.3 is 19.4 Å². The van der Waals surface area contributed by atoms with E-state index < -0.39 is 0 Å². The van der Waals surface area contributed by atoms with Gasteiger partial charge in [-0.1, -0.05) is 24.3 Å². The van der Waals surface area contributed by atoms with Crippen molar-refractivity contribution in [2.24, 2.45) is 0 Å². The quantitative estimate of drug-likeness (QED) is 0.853. The van der Waals surface area contributed by atoms with Gasteiger partial charge in [0.2, 0.25) is 0 Å². The first kappa shape index (κ1) is 17.2. The van der Waals surface area contributed by atoms with Crippen LogP contribution in [0.25, 0.3) is 0 Å². The molecule has 1 aromatic carbocycles. The molecule has 0 radical (unpaired) electrons. The van der Waals surface area contributed by atoms with E-state index in [1.165, 1.54) is 11.1 Å². The molecule has 0 saturated heterocycles. The number of rotatable bonds is 7. The number of ether oxygens (including phenoxy) is 1. The molecule has 5 heteroatoms. The lowest BCUT2D eigenvalue weighted by molar-refractivity contribution is 0.0905. The predicted octanol–water partition coefficient (Wildman–Crippen LogP) is 2.77. The van der Waals surface area contributed by atoms with Crippen molar-refractivity contribution < 1.29 is 13.9 Å². The summed E-state index contributed by atoms with van der Waals surface area (Å²) >= 11 is 0. The molecule has 2 rings (SSSR count). The van der Waals surface area contributed by atoms with Gasteiger partial charge in [-0.25, -0.2) is 0 Å². The number of likely N-dealkylation sites (N-methyl/N-ethyl adjacent to an activating group) is 1. The number of hydrogen-bond donors (Lipinski definition) is 1. The van der Waals surface area contributed by atoms with Gasteiger partial charge in [-0.3, -0.25) is 4.79 Å². The van der Waals surface area contributed by atoms with Crippen LogP contribution in [0.15, 0.2) is 40.8 Å². The van der Waals surface area contributed by atoms with Crippen LogP contribution in [0.4, 0.5) is 0 Å². The van der Waals surface area contributed by atoms with Crippen molar-refractivity contribution in [1.82, 2.24) is 10.2 Å². The van der Waals surface area contributed by atoms with Crippen molar-refractivity contribution in [2.75, 3.05) is 27.7 Å². The van der Waals surface area contributed by atoms with Crippen LogP contribution in [-0.2, 0) is 11.3 Å². The van der Waals surface area contributed by atoms with Gasteiger partial charge in [-0.15, -0.1) is 0 Å². The number of nitrogens with one attached hydrogen (secondary N) is 1. The highest BCUT2D eigenvalue weighted by molar-refractivity contribution is 5.91. The predicted molar refractivity (Wildman–Crippen MR) is 89.4 cm³/mol. The second-order valence-corrected chi connectivity index (χ2v) is 5.74. The van der Waals surface area contributed by atoms with Crippen molar-refractivity contribution >= 4 is 5.91 Å². The maximum atomic E-state index is 12.2. The van der Waals surface area contributed by atoms with Crippen molar-refractivity contribution in [3.05, 3.63) is 59.0 Å². The maximum Gasteiger partial charge on any atom is 0.287 e. The molecule has 23 heavy (non-hydrogen) atoms. The molecule has 0 aliphatic rings. The third kappa shape index (κ3) is 4.43. The van der Waals surface area contributed by atoms with E-state index in [0.717, 1.165) is 0 Å². The second-order valence-electron chi connectivity index (χ2n) is 5.74. The largest absolute Gasteiger partial charge is 0.453 e. The van der Waals surface area contributed by atoms with Crippen LogP contribution in [0.3, 0.4) is 0 Å². The molecule has 0 aliphatic heterocycles. The van der Waals surface area contributed by atoms with Gasteiger partial charge in [0, 0.05) is 13.7 Å². The Balaban J connectivity index is 2.04. The summed E-state index contributed by atoms with van der Waals surface area (Å²) in [5.74, 6) is 0.729. The molecule has 0 spiro atoms. The molecule has 0 aliphatic carbocycles. The minimum Gasteiger partial charge on any atom is -0.453 e. The Morgan fingerprint density at radius 1 is 1.26 bits per heavy atom. The lowest BCUT2D eigenvalue weighted by Crippen LogP contribution is -2.34. The lowest BCUT2D eigenvalue weighted by Gasteiger charge is -2.26. The minimum atomic E-state index is -0.215. The van der Waals surface area contributed by atoms with E-state index in [-0.39, 0.29) is 11.9 Å². The molecule has 1 amide bonds. The van der Waals surface area contributed by atoms with Crippen LogP contribution in [0.1, 0.15) is 33.5 Å². The van der Waals surface area contributed by atoms with Crippen molar-refractivity contribution in [3.8, 4) is 0 Å². The molecule has 2 aromatic rings. The Bertz CT molecular complexity index is 649. The smallest absolute Gasteiger partial charge is 0.287 e. The van der Waals surface area contributed by atoms with Gasteiger partial charge in [0.15, 0.2) is 5.76 Å². The van der Waals surface area contributed by atoms with Gasteiger partial charge >= 0.3 is 0 Å². The van der Waals surface area contributed by atoms with Crippen molar-refractivity contribution in [1.29, 1.82) is 0 Å². The van der Waals surface area contributed by atoms with E-state index in [2.05, 4.69) is 29.3 Å². The summed E-state index contributed by atoms with van der Waals surface area (Å²) < 4.78 is 10.4. The highest BCUT2D eigenvalue weighted by atomic mass is 16.5. The highest BCUT2D eigenvalue weighted by Gasteiger charge is 2.18. The van der Waals surface area contributed by atoms with E-state index in [9.17, 15) is 4.79 Å². The Morgan fingerprint density at radius 3 is 2.65 bits per heavy atom. The first-order chi connectivity index (χ1) is 11.0. The summed E-state index contributed by atoms with van der Waals surface area (Å²) in [6, 6.07) is 11.7. The Morgan fingerprint density at radius 2 is 2.00 bits per heavy atom. The average Bonchev–Trinajstić information content (AvgIpc) is 2.98. The fraction of sp³-hybridized carbons (Fsp3) is 0.389. The summed E-state index contributed by atoms with van der Waals surface area (Å²) in [6.07, 6.45) is 0. The van der Waals surface area contributed by atoms with E-state index >= 15 is 0 Å². The molecular formula is C18H24N2O3. The van der Waals surface area contributed by atoms with Crippen LogP contribution in [0.2, 0.25) is 0 Å². The van der Waals surface area contributed by atoms with E-state index in [0.29, 0.717) is 24.7 Å². The zero-order valence-corrected chi connectivity index (χ0v) is 14.1. The number of carbonyl (C=O) groups is 1. The van der Waals surface area contributed by atoms with Crippen LogP contribution in [0, 0.1) is 6.92 Å². The van der Waals surface area contributed by atoms with Gasteiger partial charge in [0.25, 0.3) is 5.91 Å². The summed E-state index contributed by atoms with van der Waals surface area (Å²) in [7, 11) is 5.60. The summed E-state index contributed by atoms with van der Waals surface area (Å²) in [6.45, 7) is 2.95. The number of amides is 1. The third-order valence-corrected chi connectivity index (χ3v) is 3.80. The number of methoxy groups -OCH3 is 1. The fourth-order valence-corrected chi connectivity index (χ4v) is 2.53. The molecule has 0 saturated carbocycles. The molecular weight excluding hydrogens is 292 g/mol. The van der Waals surface area contributed by atoms with Crippen LogP contribution in [-0.4, -0.2) is 38.6 Å². The average molecular weight is 316 g/mol. The fourth-order valence-electron chi connectivity index (χ4n) is 2.53. The molecule has 124 valence electrons. The van der Waals surface area contributed by atoms with Gasteiger partial charge in [-0.2, -0.15) is 0 Å². The van der Waals surface area contributed by atoms with Gasteiger partial charge in [0.05, 0.1) is 6.04 Å². The van der Waals surface area contributed by atoms with E-state index in [1.54, 1.807) is 19.2 Å². The number of aryl methyl sites for hydroxylation is 1. The highest BCUT2D eigenvalue weighted by Crippen LogP contribution is 2.21. The SMILES string of the molecule is COCc1ccc(C(=O)NC[C@@H](c2ccccc2C)N(C)C)o1. The number of hydrogen-bond acceptors (Lipinski definition) is 4. The maximum absolute atomic E-state index is 12.2. The van der Waals surface area contributed by atoms with Gasteiger partial charge in [0.1, 0.15) is 12.4 Å². The van der Waals surface area contributed by atoms with E-state index in [1.807, 2.05) is 26.2 Å². The summed E-state index contributed by atoms with van der Waals surface area (Å²) in [5, 5.41) is 2.95. The number of benzene rings is 1. The molecule has 0 fully saturated rings. The normalized spacial score (nSPS) is 12.4. The topological polar surface area (TPSA) is 54.7 Å². The molecule has 1 heterocycles. The summed E-state index contributed by atoms with van der Waals surface area (Å²) in [5.41, 5.74) is 2.41. The van der Waals surface area contributed by atoms with Crippen molar-refractivity contribution in [3.63, 3.8) is 0 Å². The zero-order valence-electron chi connectivity index (χ0n) is 14.1. The first-order valence-corrected chi connectivity index (χ1v) is 7.60. The number of nitrogens with zero attached hydrogens (tertiary/aromatic N) is 1. The molecule has 5 nitrogen and oxygen atoms in total.